The van der Waals surface area contributed by atoms with E-state index < -0.39 is 11.7 Å². The molecule has 2 aromatic carbocycles. The lowest BCUT2D eigenvalue weighted by molar-refractivity contribution is -0.0335. The zero-order chi connectivity index (χ0) is 24.9. The highest BCUT2D eigenvalue weighted by molar-refractivity contribution is 5.95. The van der Waals surface area contributed by atoms with Crippen LogP contribution in [0.15, 0.2) is 42.5 Å². The van der Waals surface area contributed by atoms with Crippen LogP contribution in [0.1, 0.15) is 62.4 Å². The van der Waals surface area contributed by atoms with Gasteiger partial charge in [-0.15, -0.1) is 0 Å². The van der Waals surface area contributed by atoms with Crippen LogP contribution in [-0.2, 0) is 11.3 Å². The number of amides is 2. The van der Waals surface area contributed by atoms with E-state index >= 15 is 0 Å². The van der Waals surface area contributed by atoms with Crippen LogP contribution in [0.2, 0.25) is 0 Å². The van der Waals surface area contributed by atoms with Crippen molar-refractivity contribution in [3.05, 3.63) is 53.6 Å². The fraction of sp³-hybridized carbons (Fsp3) is 0.462. The first-order chi connectivity index (χ1) is 16.1. The molecule has 1 fully saturated rings. The standard InChI is InChI=1S/C26H35N3O5/c1-26(2,3)34-25(31)29(28(4)24(30)19-11-13-20(27)14-12-19)17-18-10-15-22(32-5)23(16-18)33-21-8-6-7-9-21/h10-16,21H,6-9,17,27H2,1-5H3. The first-order valence-corrected chi connectivity index (χ1v) is 11.5. The van der Waals surface area contributed by atoms with E-state index in [1.165, 1.54) is 10.0 Å². The minimum Gasteiger partial charge on any atom is -0.493 e. The third kappa shape index (κ3) is 6.56. The van der Waals surface area contributed by atoms with Crippen molar-refractivity contribution in [1.29, 1.82) is 0 Å². The van der Waals surface area contributed by atoms with E-state index in [0.29, 0.717) is 22.7 Å². The third-order valence-electron chi connectivity index (χ3n) is 5.57. The molecular formula is C26H35N3O5. The average Bonchev–Trinajstić information content (AvgIpc) is 3.29. The molecule has 3 rings (SSSR count). The highest BCUT2D eigenvalue weighted by Crippen LogP contribution is 2.33. The molecule has 0 bridgehead atoms. The van der Waals surface area contributed by atoms with Crippen molar-refractivity contribution in [3.8, 4) is 11.5 Å². The molecule has 8 heteroatoms. The van der Waals surface area contributed by atoms with E-state index in [4.69, 9.17) is 19.9 Å². The number of nitrogens with two attached hydrogens (primary N) is 1. The topological polar surface area (TPSA) is 94.3 Å². The molecule has 2 amide bonds. The number of nitrogens with zero attached hydrogens (tertiary/aromatic N) is 2. The second-order valence-corrected chi connectivity index (χ2v) is 9.50. The lowest BCUT2D eigenvalue weighted by atomic mass is 10.1. The van der Waals surface area contributed by atoms with Gasteiger partial charge in [0.1, 0.15) is 5.60 Å². The SMILES string of the molecule is COc1ccc(CN(C(=O)OC(C)(C)C)N(C)C(=O)c2ccc(N)cc2)cc1OC1CCCC1. The Hall–Kier alpha value is -3.42. The van der Waals surface area contributed by atoms with E-state index in [0.717, 1.165) is 31.2 Å². The van der Waals surface area contributed by atoms with Gasteiger partial charge in [-0.25, -0.2) is 14.8 Å². The van der Waals surface area contributed by atoms with Gasteiger partial charge in [0.25, 0.3) is 5.91 Å². The predicted octanol–water partition coefficient (Wildman–Crippen LogP) is 5.02. The molecule has 34 heavy (non-hydrogen) atoms. The Kier molecular flexibility index (Phi) is 7.91. The Labute approximate surface area is 201 Å². The summed E-state index contributed by atoms with van der Waals surface area (Å²) in [4.78, 5) is 26.3. The van der Waals surface area contributed by atoms with E-state index in [9.17, 15) is 9.59 Å². The Morgan fingerprint density at radius 3 is 2.26 bits per heavy atom. The van der Waals surface area contributed by atoms with Gasteiger partial charge in [-0.1, -0.05) is 6.07 Å². The number of methoxy groups -OCH3 is 1. The second-order valence-electron chi connectivity index (χ2n) is 9.50. The van der Waals surface area contributed by atoms with Crippen molar-refractivity contribution in [2.24, 2.45) is 0 Å². The number of nitrogen functional groups attached to an aromatic ring is 1. The van der Waals surface area contributed by atoms with E-state index in [2.05, 4.69) is 0 Å². The van der Waals surface area contributed by atoms with Gasteiger partial charge in [-0.2, -0.15) is 0 Å². The molecule has 0 unspecified atom stereocenters. The highest BCUT2D eigenvalue weighted by Gasteiger charge is 2.29. The Morgan fingerprint density at radius 2 is 1.68 bits per heavy atom. The maximum atomic E-state index is 13.1. The smallest absolute Gasteiger partial charge is 0.429 e. The number of carbonyl (C=O) groups excluding carboxylic acids is 2. The minimum atomic E-state index is -0.725. The summed E-state index contributed by atoms with van der Waals surface area (Å²) < 4.78 is 17.3. The Balaban J connectivity index is 1.87. The van der Waals surface area contributed by atoms with Gasteiger partial charge in [0.2, 0.25) is 0 Å². The number of carbonyl (C=O) groups is 2. The molecule has 0 radical (unpaired) electrons. The summed E-state index contributed by atoms with van der Waals surface area (Å²) in [6.45, 7) is 5.46. The molecule has 0 saturated heterocycles. The van der Waals surface area contributed by atoms with Crippen LogP contribution in [0.3, 0.4) is 0 Å². The van der Waals surface area contributed by atoms with Gasteiger partial charge in [0.15, 0.2) is 11.5 Å². The fourth-order valence-corrected chi connectivity index (χ4v) is 3.80. The summed E-state index contributed by atoms with van der Waals surface area (Å²) in [6, 6.07) is 12.1. The summed E-state index contributed by atoms with van der Waals surface area (Å²) in [7, 11) is 3.14. The fourth-order valence-electron chi connectivity index (χ4n) is 3.80. The van der Waals surface area contributed by atoms with Crippen molar-refractivity contribution in [3.63, 3.8) is 0 Å². The molecule has 2 N–H and O–H groups in total. The predicted molar refractivity (Wildman–Crippen MR) is 131 cm³/mol. The average molecular weight is 470 g/mol. The maximum Gasteiger partial charge on any atom is 0.429 e. The molecule has 0 heterocycles. The molecule has 0 atom stereocenters. The van der Waals surface area contributed by atoms with E-state index in [1.807, 2.05) is 18.2 Å². The van der Waals surface area contributed by atoms with Gasteiger partial charge in [-0.3, -0.25) is 4.79 Å². The molecule has 0 aromatic heterocycles. The number of anilines is 1. The second kappa shape index (κ2) is 10.7. The first kappa shape index (κ1) is 25.2. The number of ether oxygens (including phenoxy) is 3. The molecule has 8 nitrogen and oxygen atoms in total. The van der Waals surface area contributed by atoms with Crippen molar-refractivity contribution < 1.29 is 23.8 Å². The summed E-state index contributed by atoms with van der Waals surface area (Å²) in [5.41, 5.74) is 6.76. The number of hydrogen-bond donors (Lipinski definition) is 1. The molecule has 1 aliphatic carbocycles. The quantitative estimate of drug-likeness (QED) is 0.471. The molecule has 0 spiro atoms. The van der Waals surface area contributed by atoms with Crippen molar-refractivity contribution in [2.75, 3.05) is 19.9 Å². The van der Waals surface area contributed by atoms with Crippen LogP contribution < -0.4 is 15.2 Å². The van der Waals surface area contributed by atoms with Gasteiger partial charge >= 0.3 is 6.09 Å². The maximum absolute atomic E-state index is 13.1. The zero-order valence-corrected chi connectivity index (χ0v) is 20.7. The Morgan fingerprint density at radius 1 is 1.03 bits per heavy atom. The van der Waals surface area contributed by atoms with Crippen molar-refractivity contribution in [1.82, 2.24) is 10.0 Å². The molecular weight excluding hydrogens is 434 g/mol. The van der Waals surface area contributed by atoms with Crippen LogP contribution in [0, 0.1) is 0 Å². The number of benzene rings is 2. The Bertz CT molecular complexity index is 994. The normalized spacial score (nSPS) is 13.9. The minimum absolute atomic E-state index is 0.108. The zero-order valence-electron chi connectivity index (χ0n) is 20.7. The van der Waals surface area contributed by atoms with Gasteiger partial charge in [-0.05, 0) is 88.4 Å². The van der Waals surface area contributed by atoms with Gasteiger partial charge in [0.05, 0.1) is 19.8 Å². The van der Waals surface area contributed by atoms with E-state index in [1.54, 1.807) is 59.2 Å². The van der Waals surface area contributed by atoms with Gasteiger partial charge in [0, 0.05) is 18.3 Å². The first-order valence-electron chi connectivity index (χ1n) is 11.5. The van der Waals surface area contributed by atoms with E-state index in [-0.39, 0.29) is 18.6 Å². The summed E-state index contributed by atoms with van der Waals surface area (Å²) >= 11 is 0. The lowest BCUT2D eigenvalue weighted by Gasteiger charge is -2.33. The molecule has 1 saturated carbocycles. The molecule has 2 aromatic rings. The van der Waals surface area contributed by atoms with Crippen LogP contribution in [0.25, 0.3) is 0 Å². The summed E-state index contributed by atoms with van der Waals surface area (Å²) in [5.74, 6) is 0.899. The monoisotopic (exact) mass is 469 g/mol. The number of hydrogen-bond acceptors (Lipinski definition) is 6. The van der Waals surface area contributed by atoms with Crippen LogP contribution in [0.5, 0.6) is 11.5 Å². The van der Waals surface area contributed by atoms with Crippen molar-refractivity contribution >= 4 is 17.7 Å². The molecule has 1 aliphatic rings. The molecule has 0 aliphatic heterocycles. The van der Waals surface area contributed by atoms with Gasteiger partial charge < -0.3 is 19.9 Å². The summed E-state index contributed by atoms with van der Waals surface area (Å²) in [5, 5.41) is 2.55. The molecule has 184 valence electrons. The summed E-state index contributed by atoms with van der Waals surface area (Å²) in [6.07, 6.45) is 3.84. The van der Waals surface area contributed by atoms with Crippen LogP contribution in [0.4, 0.5) is 10.5 Å². The third-order valence-corrected chi connectivity index (χ3v) is 5.57. The lowest BCUT2D eigenvalue weighted by Crippen LogP contribution is -2.48. The number of hydrazine groups is 1. The van der Waals surface area contributed by atoms with Crippen LogP contribution >= 0.6 is 0 Å². The largest absolute Gasteiger partial charge is 0.493 e. The van der Waals surface area contributed by atoms with Crippen LogP contribution in [-0.4, -0.2) is 47.9 Å². The number of rotatable bonds is 6. The highest BCUT2D eigenvalue weighted by atomic mass is 16.6. The van der Waals surface area contributed by atoms with Crippen molar-refractivity contribution in [2.45, 2.75) is 64.7 Å².